The Morgan fingerprint density at radius 3 is 2.12 bits per heavy atom. The molecule has 0 bridgehead atoms. The van der Waals surface area contributed by atoms with Gasteiger partial charge in [-0.2, -0.15) is 0 Å². The number of fused-ring (bicyclic) bond motifs is 2. The van der Waals surface area contributed by atoms with Crippen LogP contribution in [0.15, 0.2) is 72.8 Å². The maximum Gasteiger partial charge on any atom is 0.335 e. The first kappa shape index (κ1) is 28.4. The first-order chi connectivity index (χ1) is 19.9. The van der Waals surface area contributed by atoms with E-state index in [4.69, 9.17) is 16.3 Å². The molecule has 0 amide bonds. The van der Waals surface area contributed by atoms with Crippen LogP contribution in [0.2, 0.25) is 5.02 Å². The van der Waals surface area contributed by atoms with Crippen molar-refractivity contribution in [3.05, 3.63) is 94.5 Å². The molecule has 0 saturated carbocycles. The van der Waals surface area contributed by atoms with E-state index in [9.17, 15) is 9.90 Å². The van der Waals surface area contributed by atoms with Crippen LogP contribution in [0.4, 0.5) is 22.7 Å². The molecule has 4 aromatic rings. The van der Waals surface area contributed by atoms with Crippen molar-refractivity contribution < 1.29 is 14.6 Å². The lowest BCUT2D eigenvalue weighted by Gasteiger charge is -2.30. The summed E-state index contributed by atoms with van der Waals surface area (Å²) in [6.45, 7) is 11.9. The van der Waals surface area contributed by atoms with E-state index < -0.39 is 5.97 Å². The molecule has 1 aliphatic heterocycles. The summed E-state index contributed by atoms with van der Waals surface area (Å²) >= 11 is 7.22. The standard InChI is InChI=1S/C34H36ClN3O3/c1-5-37(6-2)27-18-19-28(38(7-3)8-4)33(32(27)35)36-26-17-20-30-25(21-24-11-9-10-12-29(24)41-30)31(26)22-13-15-23(16-14-22)34(39)40/h9-20,36H,5-8,21H2,1-4H3,(H,39,40). The molecular formula is C34H36ClN3O3. The van der Waals surface area contributed by atoms with E-state index in [1.54, 1.807) is 12.1 Å². The Bertz CT molecular complexity index is 1560. The van der Waals surface area contributed by atoms with E-state index in [2.05, 4.69) is 61.0 Å². The average molecular weight is 570 g/mol. The summed E-state index contributed by atoms with van der Waals surface area (Å²) in [5.41, 5.74) is 7.99. The largest absolute Gasteiger partial charge is 0.478 e. The molecule has 6 nitrogen and oxygen atoms in total. The third-order valence-corrected chi connectivity index (χ3v) is 8.20. The molecule has 1 heterocycles. The normalized spacial score (nSPS) is 11.7. The third-order valence-electron chi connectivity index (χ3n) is 7.82. The van der Waals surface area contributed by atoms with Crippen molar-refractivity contribution in [2.45, 2.75) is 34.1 Å². The second-order valence-electron chi connectivity index (χ2n) is 10.00. The summed E-state index contributed by atoms with van der Waals surface area (Å²) < 4.78 is 6.34. The lowest BCUT2D eigenvalue weighted by molar-refractivity contribution is 0.0697. The number of ether oxygens (including phenoxy) is 1. The molecule has 2 N–H and O–H groups in total. The van der Waals surface area contributed by atoms with E-state index in [0.717, 1.165) is 82.7 Å². The van der Waals surface area contributed by atoms with Gasteiger partial charge in [-0.05, 0) is 81.3 Å². The molecule has 0 unspecified atom stereocenters. The lowest BCUT2D eigenvalue weighted by Crippen LogP contribution is -2.25. The maximum absolute atomic E-state index is 11.6. The molecule has 0 fully saturated rings. The first-order valence-corrected chi connectivity index (χ1v) is 14.6. The van der Waals surface area contributed by atoms with Crippen LogP contribution < -0.4 is 19.9 Å². The van der Waals surface area contributed by atoms with Gasteiger partial charge in [0.15, 0.2) is 0 Å². The monoisotopic (exact) mass is 569 g/mol. The van der Waals surface area contributed by atoms with Crippen LogP contribution in [0.3, 0.4) is 0 Å². The summed E-state index contributed by atoms with van der Waals surface area (Å²) in [4.78, 5) is 16.1. The highest BCUT2D eigenvalue weighted by molar-refractivity contribution is 6.37. The highest BCUT2D eigenvalue weighted by Crippen LogP contribution is 2.48. The van der Waals surface area contributed by atoms with Gasteiger partial charge >= 0.3 is 5.97 Å². The Morgan fingerprint density at radius 2 is 1.46 bits per heavy atom. The Balaban J connectivity index is 1.71. The van der Waals surface area contributed by atoms with Crippen LogP contribution in [0, 0.1) is 0 Å². The fourth-order valence-corrected chi connectivity index (χ4v) is 5.94. The van der Waals surface area contributed by atoms with Gasteiger partial charge in [0.25, 0.3) is 0 Å². The molecule has 41 heavy (non-hydrogen) atoms. The van der Waals surface area contributed by atoms with E-state index >= 15 is 0 Å². The van der Waals surface area contributed by atoms with Crippen molar-refractivity contribution in [3.63, 3.8) is 0 Å². The number of anilines is 4. The number of para-hydroxylation sites is 1. The number of carbonyl (C=O) groups is 1. The van der Waals surface area contributed by atoms with Crippen LogP contribution in [-0.2, 0) is 6.42 Å². The van der Waals surface area contributed by atoms with Crippen LogP contribution >= 0.6 is 11.6 Å². The molecule has 0 aliphatic carbocycles. The molecule has 0 radical (unpaired) electrons. The van der Waals surface area contributed by atoms with Gasteiger partial charge in [0, 0.05) is 49.4 Å². The van der Waals surface area contributed by atoms with Gasteiger partial charge in [-0.1, -0.05) is 41.9 Å². The van der Waals surface area contributed by atoms with Crippen molar-refractivity contribution in [2.24, 2.45) is 0 Å². The molecule has 4 aromatic carbocycles. The molecule has 0 spiro atoms. The topological polar surface area (TPSA) is 65.0 Å². The SMILES string of the molecule is CCN(CC)c1ccc(N(CC)CC)c(Nc2ccc3c(c2-c2ccc(C(=O)O)cc2)Cc2ccccc2O3)c1Cl. The second kappa shape index (κ2) is 12.1. The molecule has 1 aliphatic rings. The Labute approximate surface area is 247 Å². The van der Waals surface area contributed by atoms with Gasteiger partial charge < -0.3 is 25.0 Å². The second-order valence-corrected chi connectivity index (χ2v) is 10.4. The molecule has 0 aromatic heterocycles. The van der Waals surface area contributed by atoms with Crippen molar-refractivity contribution in [1.29, 1.82) is 0 Å². The molecule has 212 valence electrons. The van der Waals surface area contributed by atoms with E-state index in [-0.39, 0.29) is 5.56 Å². The van der Waals surface area contributed by atoms with E-state index in [1.165, 1.54) is 0 Å². The number of rotatable bonds is 10. The fraction of sp³-hybridized carbons (Fsp3) is 0.265. The minimum Gasteiger partial charge on any atom is -0.478 e. The zero-order valence-electron chi connectivity index (χ0n) is 24.0. The number of nitrogens with one attached hydrogen (secondary N) is 1. The molecule has 0 saturated heterocycles. The molecule has 7 heteroatoms. The third kappa shape index (κ3) is 5.44. The average Bonchev–Trinajstić information content (AvgIpc) is 2.99. The molecule has 5 rings (SSSR count). The van der Waals surface area contributed by atoms with Crippen molar-refractivity contribution in [2.75, 3.05) is 41.3 Å². The Kier molecular flexibility index (Phi) is 8.41. The Morgan fingerprint density at radius 1 is 0.829 bits per heavy atom. The van der Waals surface area contributed by atoms with Crippen LogP contribution in [-0.4, -0.2) is 37.3 Å². The fourth-order valence-electron chi connectivity index (χ4n) is 5.62. The van der Waals surface area contributed by atoms with Crippen molar-refractivity contribution >= 4 is 40.3 Å². The predicted octanol–water partition coefficient (Wildman–Crippen LogP) is 8.84. The smallest absolute Gasteiger partial charge is 0.335 e. The summed E-state index contributed by atoms with van der Waals surface area (Å²) in [5.74, 6) is 0.691. The highest BCUT2D eigenvalue weighted by Gasteiger charge is 2.25. The van der Waals surface area contributed by atoms with Crippen LogP contribution in [0.25, 0.3) is 11.1 Å². The van der Waals surface area contributed by atoms with Crippen molar-refractivity contribution in [1.82, 2.24) is 0 Å². The molecule has 0 atom stereocenters. The number of nitrogens with zero attached hydrogens (tertiary/aromatic N) is 2. The summed E-state index contributed by atoms with van der Waals surface area (Å²) in [6.07, 6.45) is 0.688. The van der Waals surface area contributed by atoms with Gasteiger partial charge in [-0.25, -0.2) is 4.79 Å². The van der Waals surface area contributed by atoms with E-state index in [0.29, 0.717) is 11.4 Å². The van der Waals surface area contributed by atoms with Crippen LogP contribution in [0.5, 0.6) is 11.5 Å². The van der Waals surface area contributed by atoms with Gasteiger partial charge in [0.2, 0.25) is 0 Å². The first-order valence-electron chi connectivity index (χ1n) is 14.2. The number of hydrogen-bond acceptors (Lipinski definition) is 5. The number of benzene rings is 4. The number of carboxylic acid groups (broad SMARTS) is 1. The zero-order chi connectivity index (χ0) is 29.1. The van der Waals surface area contributed by atoms with Gasteiger partial charge in [0.05, 0.1) is 27.6 Å². The molecular weight excluding hydrogens is 534 g/mol. The van der Waals surface area contributed by atoms with Crippen LogP contribution in [0.1, 0.15) is 49.2 Å². The zero-order valence-corrected chi connectivity index (χ0v) is 24.8. The number of aromatic carboxylic acids is 1. The number of halogens is 1. The van der Waals surface area contributed by atoms with Crippen molar-refractivity contribution in [3.8, 4) is 22.6 Å². The van der Waals surface area contributed by atoms with Gasteiger partial charge in [-0.15, -0.1) is 0 Å². The Hall–Kier alpha value is -4.16. The number of carboxylic acids is 1. The summed E-state index contributed by atoms with van der Waals surface area (Å²) in [5, 5.41) is 13.9. The number of hydrogen-bond donors (Lipinski definition) is 2. The maximum atomic E-state index is 11.6. The highest BCUT2D eigenvalue weighted by atomic mass is 35.5. The summed E-state index contributed by atoms with van der Waals surface area (Å²) in [7, 11) is 0. The van der Waals surface area contributed by atoms with E-state index in [1.807, 2.05) is 42.5 Å². The quantitative estimate of drug-likeness (QED) is 0.175. The summed E-state index contributed by atoms with van der Waals surface area (Å²) in [6, 6.07) is 23.4. The van der Waals surface area contributed by atoms with Gasteiger partial charge in [0.1, 0.15) is 11.5 Å². The lowest BCUT2D eigenvalue weighted by atomic mass is 9.90. The van der Waals surface area contributed by atoms with Gasteiger partial charge in [-0.3, -0.25) is 0 Å². The minimum absolute atomic E-state index is 0.244. The minimum atomic E-state index is -0.953. The predicted molar refractivity (Wildman–Crippen MR) is 170 cm³/mol.